The van der Waals surface area contributed by atoms with Crippen molar-refractivity contribution in [2.24, 2.45) is 0 Å². The van der Waals surface area contributed by atoms with Gasteiger partial charge in [-0.1, -0.05) is 39.5 Å². The maximum Gasteiger partial charge on any atom is 0.256 e. The smallest absolute Gasteiger partial charge is 0.256 e. The van der Waals surface area contributed by atoms with Crippen LogP contribution >= 0.6 is 27.7 Å². The predicted octanol–water partition coefficient (Wildman–Crippen LogP) is 9.08. The summed E-state index contributed by atoms with van der Waals surface area (Å²) in [5.74, 6) is 1.12. The summed E-state index contributed by atoms with van der Waals surface area (Å²) in [6.07, 6.45) is 5.38. The molecule has 0 aliphatic rings. The second kappa shape index (κ2) is 14.6. The molecule has 0 spiro atoms. The average Bonchev–Trinajstić information content (AvgIpc) is 3.03. The third-order valence-electron chi connectivity index (χ3n) is 6.99. The molecule has 0 fully saturated rings. The van der Waals surface area contributed by atoms with Crippen LogP contribution in [0.4, 0.5) is 23.0 Å². The normalized spacial score (nSPS) is 11.1. The minimum Gasteiger partial charge on any atom is -0.372 e. The van der Waals surface area contributed by atoms with Crippen LogP contribution in [0.25, 0.3) is 11.0 Å². The number of nitrogens with zero attached hydrogens (tertiary/aromatic N) is 5. The van der Waals surface area contributed by atoms with Crippen molar-refractivity contribution in [2.45, 2.75) is 56.2 Å². The van der Waals surface area contributed by atoms with Crippen molar-refractivity contribution in [2.75, 3.05) is 28.6 Å². The number of halogens is 1. The van der Waals surface area contributed by atoms with Crippen molar-refractivity contribution in [3.8, 4) is 0 Å². The fraction of sp³-hybridized carbons (Fsp3) is 0.265. The molecule has 0 unspecified atom stereocenters. The van der Waals surface area contributed by atoms with Gasteiger partial charge >= 0.3 is 0 Å². The molecule has 0 atom stereocenters. The summed E-state index contributed by atoms with van der Waals surface area (Å²) in [5, 5.41) is 7.18. The zero-order valence-corrected chi connectivity index (χ0v) is 27.7. The topological polar surface area (TPSA) is 95.9 Å². The first kappa shape index (κ1) is 31.4. The molecular weight excluding hydrogens is 634 g/mol. The molecule has 2 aromatic carbocycles. The van der Waals surface area contributed by atoms with Gasteiger partial charge in [-0.25, -0.2) is 19.9 Å². The Morgan fingerprint density at radius 2 is 1.70 bits per heavy atom. The molecule has 2 N–H and O–H groups in total. The molecule has 0 aliphatic heterocycles. The Hall–Kier alpha value is -4.02. The van der Waals surface area contributed by atoms with E-state index in [0.29, 0.717) is 22.8 Å². The van der Waals surface area contributed by atoms with Gasteiger partial charge in [-0.3, -0.25) is 4.79 Å². The van der Waals surface area contributed by atoms with E-state index >= 15 is 0 Å². The van der Waals surface area contributed by atoms with E-state index in [1.165, 1.54) is 12.0 Å². The molecule has 0 bridgehead atoms. The number of fused-ring (bicyclic) bond motifs is 1. The zero-order chi connectivity index (χ0) is 31.1. The summed E-state index contributed by atoms with van der Waals surface area (Å²) >= 11 is 5.01. The van der Waals surface area contributed by atoms with E-state index in [-0.39, 0.29) is 11.8 Å². The fourth-order valence-corrected chi connectivity index (χ4v) is 5.88. The van der Waals surface area contributed by atoms with Crippen LogP contribution in [0.5, 0.6) is 0 Å². The lowest BCUT2D eigenvalue weighted by molar-refractivity contribution is 0.102. The molecule has 3 heterocycles. The standard InChI is InChI=1S/C34H36BrN7OS/c1-5-17-42(18-6-2)25-9-11-26(12-10-25)44-30-15-7-23(34(43)41-31-16-8-24(35)20-36-31)19-29(30)40-33-27-13-14-28(22(3)4)39-32(27)37-21-38-33/h7-16,19-22H,5-6,17-18H2,1-4H3,(H,36,41,43)(H,37,38,39,40). The molecular formula is C34H36BrN7OS. The highest BCUT2D eigenvalue weighted by Crippen LogP contribution is 2.37. The molecule has 226 valence electrons. The number of pyridine rings is 2. The predicted molar refractivity (Wildman–Crippen MR) is 184 cm³/mol. The minimum atomic E-state index is -0.258. The molecule has 0 saturated carbocycles. The highest BCUT2D eigenvalue weighted by molar-refractivity contribution is 9.10. The van der Waals surface area contributed by atoms with Crippen molar-refractivity contribution in [1.29, 1.82) is 0 Å². The molecule has 10 heteroatoms. The Labute approximate surface area is 271 Å². The van der Waals surface area contributed by atoms with Gasteiger partial charge in [0.1, 0.15) is 18.0 Å². The van der Waals surface area contributed by atoms with Crippen LogP contribution in [0.1, 0.15) is 62.5 Å². The largest absolute Gasteiger partial charge is 0.372 e. The summed E-state index contributed by atoms with van der Waals surface area (Å²) in [6, 6.07) is 21.9. The van der Waals surface area contributed by atoms with Crippen molar-refractivity contribution in [3.63, 3.8) is 0 Å². The number of aromatic nitrogens is 4. The summed E-state index contributed by atoms with van der Waals surface area (Å²) in [7, 11) is 0. The van der Waals surface area contributed by atoms with Gasteiger partial charge in [0.05, 0.1) is 11.1 Å². The monoisotopic (exact) mass is 669 g/mol. The van der Waals surface area contributed by atoms with Gasteiger partial charge in [-0.05, 0) is 101 Å². The first-order valence-corrected chi connectivity index (χ1v) is 16.4. The summed E-state index contributed by atoms with van der Waals surface area (Å²) in [4.78, 5) is 35.7. The SMILES string of the molecule is CCCN(CCC)c1ccc(Sc2ccc(C(=O)Nc3ccc(Br)cn3)cc2Nc2ncnc3nc(C(C)C)ccc23)cc1. The lowest BCUT2D eigenvalue weighted by Gasteiger charge is -2.24. The number of carbonyl (C=O) groups is 1. The third kappa shape index (κ3) is 7.73. The maximum absolute atomic E-state index is 13.3. The highest BCUT2D eigenvalue weighted by atomic mass is 79.9. The molecule has 0 radical (unpaired) electrons. The van der Waals surface area contributed by atoms with E-state index in [1.807, 2.05) is 36.4 Å². The van der Waals surface area contributed by atoms with E-state index in [4.69, 9.17) is 4.98 Å². The number of hydrogen-bond acceptors (Lipinski definition) is 8. The van der Waals surface area contributed by atoms with Crippen LogP contribution in [0.3, 0.4) is 0 Å². The molecule has 0 saturated heterocycles. The van der Waals surface area contributed by atoms with Gasteiger partial charge in [0.2, 0.25) is 0 Å². The van der Waals surface area contributed by atoms with Crippen LogP contribution in [0.15, 0.2) is 93.5 Å². The van der Waals surface area contributed by atoms with Crippen LogP contribution in [-0.2, 0) is 0 Å². The minimum absolute atomic E-state index is 0.258. The van der Waals surface area contributed by atoms with Gasteiger partial charge in [-0.15, -0.1) is 0 Å². The van der Waals surface area contributed by atoms with E-state index in [1.54, 1.807) is 24.0 Å². The number of nitrogens with one attached hydrogen (secondary N) is 2. The lowest BCUT2D eigenvalue weighted by Crippen LogP contribution is -2.24. The molecule has 3 aromatic heterocycles. The zero-order valence-electron chi connectivity index (χ0n) is 25.3. The maximum atomic E-state index is 13.3. The Bertz CT molecular complexity index is 1720. The van der Waals surface area contributed by atoms with Crippen LogP contribution in [0, 0.1) is 0 Å². The number of amides is 1. The van der Waals surface area contributed by atoms with Crippen molar-refractivity contribution in [1.82, 2.24) is 19.9 Å². The third-order valence-corrected chi connectivity index (χ3v) is 8.54. The second-order valence-electron chi connectivity index (χ2n) is 10.7. The first-order chi connectivity index (χ1) is 21.3. The molecule has 8 nitrogen and oxygen atoms in total. The Balaban J connectivity index is 1.47. The van der Waals surface area contributed by atoms with Crippen LogP contribution in [0.2, 0.25) is 0 Å². The fourth-order valence-electron chi connectivity index (χ4n) is 4.76. The van der Waals surface area contributed by atoms with Gasteiger partial charge < -0.3 is 15.5 Å². The molecule has 5 aromatic rings. The van der Waals surface area contributed by atoms with Crippen molar-refractivity contribution >= 4 is 67.6 Å². The molecule has 44 heavy (non-hydrogen) atoms. The Morgan fingerprint density at radius 3 is 2.39 bits per heavy atom. The molecule has 1 amide bonds. The highest BCUT2D eigenvalue weighted by Gasteiger charge is 2.15. The van der Waals surface area contributed by atoms with E-state index < -0.39 is 0 Å². The van der Waals surface area contributed by atoms with Crippen LogP contribution in [-0.4, -0.2) is 38.9 Å². The van der Waals surface area contributed by atoms with Gasteiger partial charge in [0, 0.05) is 50.5 Å². The second-order valence-corrected chi connectivity index (χ2v) is 12.8. The Morgan fingerprint density at radius 1 is 0.932 bits per heavy atom. The number of rotatable bonds is 12. The van der Waals surface area contributed by atoms with Gasteiger partial charge in [-0.2, -0.15) is 0 Å². The van der Waals surface area contributed by atoms with E-state index in [2.05, 4.69) is 98.4 Å². The number of carbonyl (C=O) groups excluding carboxylic acids is 1. The Kier molecular flexibility index (Phi) is 10.4. The average molecular weight is 671 g/mol. The summed E-state index contributed by atoms with van der Waals surface area (Å²) in [6.45, 7) is 10.7. The van der Waals surface area contributed by atoms with Crippen molar-refractivity contribution in [3.05, 3.63) is 95.0 Å². The lowest BCUT2D eigenvalue weighted by atomic mass is 10.1. The van der Waals surface area contributed by atoms with Crippen LogP contribution < -0.4 is 15.5 Å². The van der Waals surface area contributed by atoms with Gasteiger partial charge in [0.25, 0.3) is 5.91 Å². The van der Waals surface area contributed by atoms with Crippen molar-refractivity contribution < 1.29 is 4.79 Å². The molecule has 0 aliphatic carbocycles. The van der Waals surface area contributed by atoms with E-state index in [0.717, 1.165) is 57.0 Å². The quantitative estimate of drug-likeness (QED) is 0.136. The number of hydrogen-bond donors (Lipinski definition) is 2. The van der Waals surface area contributed by atoms with E-state index in [9.17, 15) is 4.79 Å². The summed E-state index contributed by atoms with van der Waals surface area (Å²) < 4.78 is 0.840. The van der Waals surface area contributed by atoms with Gasteiger partial charge in [0.15, 0.2) is 5.65 Å². The first-order valence-electron chi connectivity index (χ1n) is 14.8. The number of anilines is 4. The summed E-state index contributed by atoms with van der Waals surface area (Å²) in [5.41, 5.74) is 4.06. The number of benzene rings is 2. The molecule has 5 rings (SSSR count).